The van der Waals surface area contributed by atoms with Crippen LogP contribution in [-0.4, -0.2) is 33.6 Å². The molecule has 29 heavy (non-hydrogen) atoms. The lowest BCUT2D eigenvalue weighted by molar-refractivity contribution is 0.414. The molecule has 1 saturated heterocycles. The molecule has 2 aromatic carbocycles. The molecule has 0 spiro atoms. The minimum absolute atomic E-state index is 0.0356. The van der Waals surface area contributed by atoms with Crippen molar-refractivity contribution < 1.29 is 17.6 Å². The van der Waals surface area contributed by atoms with Crippen molar-refractivity contribution in [2.24, 2.45) is 0 Å². The molecule has 152 valence electrons. The summed E-state index contributed by atoms with van der Waals surface area (Å²) in [5.74, 6) is 1.15. The van der Waals surface area contributed by atoms with Gasteiger partial charge in [0.05, 0.1) is 17.6 Å². The molecule has 0 saturated carbocycles. The minimum atomic E-state index is -3.82. The smallest absolute Gasteiger partial charge is 0.236 e. The number of sulfone groups is 1. The third-order valence-corrected chi connectivity index (χ3v) is 6.79. The standard InChI is InChI=1S/C22H24N2O4S/c1-27-19-14-8-7-13-18(19)20-23-21(29(25,26)17-11-5-4-6-12-17)22(28-20)24-15-9-2-3-10-16-24/h4-8,11-14H,2-3,9-10,15-16H2,1H3. The largest absolute Gasteiger partial charge is 0.496 e. The predicted molar refractivity (Wildman–Crippen MR) is 111 cm³/mol. The first-order chi connectivity index (χ1) is 14.1. The SMILES string of the molecule is COc1ccccc1-c1nc(S(=O)(=O)c2ccccc2)c(N2CCCCCC2)o1. The van der Waals surface area contributed by atoms with Gasteiger partial charge in [-0.15, -0.1) is 0 Å². The Labute approximate surface area is 171 Å². The quantitative estimate of drug-likeness (QED) is 0.612. The van der Waals surface area contributed by atoms with Crippen LogP contribution in [0.15, 0.2) is 68.9 Å². The van der Waals surface area contributed by atoms with Crippen molar-refractivity contribution in [3.8, 4) is 17.2 Å². The summed E-state index contributed by atoms with van der Waals surface area (Å²) in [5, 5.41) is -0.0356. The number of anilines is 1. The van der Waals surface area contributed by atoms with Crippen LogP contribution in [0.2, 0.25) is 0 Å². The van der Waals surface area contributed by atoms with Crippen molar-refractivity contribution >= 4 is 15.7 Å². The summed E-state index contributed by atoms with van der Waals surface area (Å²) in [5.41, 5.74) is 0.626. The highest BCUT2D eigenvalue weighted by atomic mass is 32.2. The molecule has 0 aliphatic carbocycles. The molecule has 0 atom stereocenters. The number of hydrogen-bond donors (Lipinski definition) is 0. The second kappa shape index (κ2) is 8.29. The zero-order valence-electron chi connectivity index (χ0n) is 16.4. The van der Waals surface area contributed by atoms with Gasteiger partial charge in [-0.1, -0.05) is 43.2 Å². The molecule has 0 N–H and O–H groups in total. The number of ether oxygens (including phenoxy) is 1. The Bertz CT molecular complexity index is 1070. The molecule has 2 heterocycles. The van der Waals surface area contributed by atoms with Crippen LogP contribution in [0, 0.1) is 0 Å². The van der Waals surface area contributed by atoms with Gasteiger partial charge < -0.3 is 14.1 Å². The van der Waals surface area contributed by atoms with E-state index in [1.54, 1.807) is 43.5 Å². The Hall–Kier alpha value is -2.80. The van der Waals surface area contributed by atoms with E-state index in [0.29, 0.717) is 17.2 Å². The molecule has 4 rings (SSSR count). The number of oxazole rings is 1. The fraction of sp³-hybridized carbons (Fsp3) is 0.318. The van der Waals surface area contributed by atoms with Crippen LogP contribution >= 0.6 is 0 Å². The molecular weight excluding hydrogens is 388 g/mol. The number of hydrogen-bond acceptors (Lipinski definition) is 6. The van der Waals surface area contributed by atoms with E-state index < -0.39 is 9.84 Å². The monoisotopic (exact) mass is 412 g/mol. The number of nitrogens with zero attached hydrogens (tertiary/aromatic N) is 2. The number of methoxy groups -OCH3 is 1. The molecule has 3 aromatic rings. The van der Waals surface area contributed by atoms with Gasteiger partial charge in [0.1, 0.15) is 5.75 Å². The van der Waals surface area contributed by atoms with Gasteiger partial charge in [-0.25, -0.2) is 8.42 Å². The van der Waals surface area contributed by atoms with Crippen molar-refractivity contribution in [2.75, 3.05) is 25.1 Å². The molecule has 1 fully saturated rings. The van der Waals surface area contributed by atoms with Gasteiger partial charge in [0.15, 0.2) is 0 Å². The summed E-state index contributed by atoms with van der Waals surface area (Å²) >= 11 is 0. The van der Waals surface area contributed by atoms with Crippen LogP contribution < -0.4 is 9.64 Å². The molecule has 0 unspecified atom stereocenters. The molecule has 0 bridgehead atoms. The zero-order chi connectivity index (χ0) is 20.3. The summed E-state index contributed by atoms with van der Waals surface area (Å²) in [6.07, 6.45) is 4.25. The fourth-order valence-corrected chi connectivity index (χ4v) is 4.94. The van der Waals surface area contributed by atoms with Crippen molar-refractivity contribution in [2.45, 2.75) is 35.6 Å². The second-order valence-corrected chi connectivity index (χ2v) is 8.91. The van der Waals surface area contributed by atoms with Crippen molar-refractivity contribution in [3.63, 3.8) is 0 Å². The summed E-state index contributed by atoms with van der Waals surface area (Å²) < 4.78 is 38.3. The summed E-state index contributed by atoms with van der Waals surface area (Å²) in [7, 11) is -2.26. The molecule has 6 nitrogen and oxygen atoms in total. The molecule has 1 aliphatic heterocycles. The van der Waals surface area contributed by atoms with E-state index >= 15 is 0 Å². The van der Waals surface area contributed by atoms with E-state index in [1.807, 2.05) is 23.1 Å². The third-order valence-electron chi connectivity index (χ3n) is 5.12. The van der Waals surface area contributed by atoms with E-state index in [4.69, 9.17) is 9.15 Å². The number of aromatic nitrogens is 1. The first-order valence-corrected chi connectivity index (χ1v) is 11.3. The van der Waals surface area contributed by atoms with Gasteiger partial charge in [-0.05, 0) is 37.1 Å². The van der Waals surface area contributed by atoms with Crippen LogP contribution in [0.25, 0.3) is 11.5 Å². The highest BCUT2D eigenvalue weighted by Gasteiger charge is 2.32. The Morgan fingerprint density at radius 1 is 0.931 bits per heavy atom. The highest BCUT2D eigenvalue weighted by Crippen LogP contribution is 2.38. The molecule has 1 aliphatic rings. The fourth-order valence-electron chi connectivity index (χ4n) is 3.59. The lowest BCUT2D eigenvalue weighted by Crippen LogP contribution is -2.25. The topological polar surface area (TPSA) is 72.6 Å². The second-order valence-electron chi connectivity index (χ2n) is 7.05. The summed E-state index contributed by atoms with van der Waals surface area (Å²) in [4.78, 5) is 6.68. The molecule has 0 amide bonds. The van der Waals surface area contributed by atoms with E-state index in [1.165, 1.54) is 0 Å². The normalized spacial score (nSPS) is 15.1. The first kappa shape index (κ1) is 19.5. The molecule has 1 aromatic heterocycles. The van der Waals surface area contributed by atoms with E-state index in [2.05, 4.69) is 4.98 Å². The Morgan fingerprint density at radius 2 is 1.59 bits per heavy atom. The maximum absolute atomic E-state index is 13.4. The maximum Gasteiger partial charge on any atom is 0.236 e. The summed E-state index contributed by atoms with van der Waals surface area (Å²) in [6.45, 7) is 1.50. The Kier molecular flexibility index (Phi) is 5.58. The Morgan fingerprint density at radius 3 is 2.28 bits per heavy atom. The van der Waals surface area contributed by atoms with Gasteiger partial charge in [0.25, 0.3) is 0 Å². The zero-order valence-corrected chi connectivity index (χ0v) is 17.2. The Balaban J connectivity index is 1.87. The molecule has 0 radical (unpaired) electrons. The number of para-hydroxylation sites is 1. The highest BCUT2D eigenvalue weighted by molar-refractivity contribution is 7.91. The number of rotatable bonds is 5. The summed E-state index contributed by atoms with van der Waals surface area (Å²) in [6, 6.07) is 15.7. The average molecular weight is 413 g/mol. The van der Waals surface area contributed by atoms with Crippen LogP contribution in [0.1, 0.15) is 25.7 Å². The first-order valence-electron chi connectivity index (χ1n) is 9.80. The third kappa shape index (κ3) is 3.87. The van der Waals surface area contributed by atoms with E-state index in [0.717, 1.165) is 38.8 Å². The van der Waals surface area contributed by atoms with Crippen LogP contribution in [0.3, 0.4) is 0 Å². The maximum atomic E-state index is 13.4. The lowest BCUT2D eigenvalue weighted by Gasteiger charge is -2.20. The van der Waals surface area contributed by atoms with Gasteiger partial charge >= 0.3 is 0 Å². The van der Waals surface area contributed by atoms with Gasteiger partial charge in [0.2, 0.25) is 26.6 Å². The van der Waals surface area contributed by atoms with E-state index in [9.17, 15) is 8.42 Å². The van der Waals surface area contributed by atoms with Gasteiger partial charge in [0, 0.05) is 13.1 Å². The van der Waals surface area contributed by atoms with Crippen LogP contribution in [-0.2, 0) is 9.84 Å². The van der Waals surface area contributed by atoms with E-state index in [-0.39, 0.29) is 15.8 Å². The number of benzene rings is 2. The van der Waals surface area contributed by atoms with Crippen LogP contribution in [0.4, 0.5) is 5.88 Å². The predicted octanol–water partition coefficient (Wildman–Crippen LogP) is 4.56. The molecular formula is C22H24N2O4S. The van der Waals surface area contributed by atoms with Gasteiger partial charge in [-0.2, -0.15) is 4.98 Å². The van der Waals surface area contributed by atoms with Crippen molar-refractivity contribution in [1.29, 1.82) is 0 Å². The minimum Gasteiger partial charge on any atom is -0.496 e. The molecule has 7 heteroatoms. The van der Waals surface area contributed by atoms with Crippen LogP contribution in [0.5, 0.6) is 5.75 Å². The average Bonchev–Trinajstić information content (AvgIpc) is 3.04. The van der Waals surface area contributed by atoms with Crippen molar-refractivity contribution in [3.05, 3.63) is 54.6 Å². The van der Waals surface area contributed by atoms with Gasteiger partial charge in [-0.3, -0.25) is 0 Å². The van der Waals surface area contributed by atoms with Crippen molar-refractivity contribution in [1.82, 2.24) is 4.98 Å². The lowest BCUT2D eigenvalue weighted by atomic mass is 10.2.